The second kappa shape index (κ2) is 18.4. The molecule has 0 aromatic rings. The minimum Gasteiger partial charge on any atom is -0.463 e. The molecule has 0 aliphatic carbocycles. The zero-order valence-corrected chi connectivity index (χ0v) is 20.6. The lowest BCUT2D eigenvalue weighted by atomic mass is 9.90. The summed E-state index contributed by atoms with van der Waals surface area (Å²) < 4.78 is 11.0. The monoisotopic (exact) mass is 424 g/mol. The number of ether oxygens (including phenoxy) is 2. The van der Waals surface area contributed by atoms with E-state index in [9.17, 15) is 9.59 Å². The molecule has 0 heterocycles. The second-order valence-corrected chi connectivity index (χ2v) is 8.52. The lowest BCUT2D eigenvalue weighted by Crippen LogP contribution is -2.37. The average Bonchev–Trinajstić information content (AvgIpc) is 2.74. The van der Waals surface area contributed by atoms with Crippen LogP contribution in [0.25, 0.3) is 0 Å². The summed E-state index contributed by atoms with van der Waals surface area (Å²) in [6, 6.07) is 0. The number of esters is 2. The number of carbonyl (C=O) groups excluding carboxylic acids is 2. The lowest BCUT2D eigenvalue weighted by molar-refractivity contribution is -0.174. The molecule has 0 fully saturated rings. The van der Waals surface area contributed by atoms with Gasteiger partial charge in [-0.25, -0.2) is 4.79 Å². The Bertz CT molecular complexity index is 460. The molecule has 0 N–H and O–H groups in total. The third-order valence-electron chi connectivity index (χ3n) is 6.01. The second-order valence-electron chi connectivity index (χ2n) is 8.52. The Morgan fingerprint density at radius 2 is 1.43 bits per heavy atom. The van der Waals surface area contributed by atoms with Gasteiger partial charge >= 0.3 is 11.9 Å². The van der Waals surface area contributed by atoms with Crippen molar-refractivity contribution < 1.29 is 19.1 Å². The van der Waals surface area contributed by atoms with Crippen molar-refractivity contribution in [3.63, 3.8) is 0 Å². The van der Waals surface area contributed by atoms with E-state index in [2.05, 4.69) is 39.8 Å². The van der Waals surface area contributed by atoms with Crippen LogP contribution in [0.15, 0.2) is 12.2 Å². The molecule has 2 atom stereocenters. The first kappa shape index (κ1) is 28.7. The smallest absolute Gasteiger partial charge is 0.347 e. The largest absolute Gasteiger partial charge is 0.463 e. The molecule has 176 valence electrons. The predicted molar refractivity (Wildman–Crippen MR) is 125 cm³/mol. The predicted octanol–water partition coefficient (Wildman–Crippen LogP) is 7.26. The van der Waals surface area contributed by atoms with Crippen LogP contribution in [0.4, 0.5) is 0 Å². The maximum atomic E-state index is 12.7. The summed E-state index contributed by atoms with van der Waals surface area (Å²) in [4.78, 5) is 25.3. The van der Waals surface area contributed by atoms with Crippen molar-refractivity contribution in [1.82, 2.24) is 0 Å². The molecule has 30 heavy (non-hydrogen) atoms. The van der Waals surface area contributed by atoms with E-state index in [0.29, 0.717) is 6.61 Å². The minimum absolute atomic E-state index is 0.0417. The molecule has 0 rings (SSSR count). The van der Waals surface area contributed by atoms with Crippen molar-refractivity contribution in [2.75, 3.05) is 6.61 Å². The molecule has 0 aromatic heterocycles. The maximum absolute atomic E-state index is 12.7. The number of rotatable bonds is 18. The highest BCUT2D eigenvalue weighted by Gasteiger charge is 2.33. The highest BCUT2D eigenvalue weighted by Crippen LogP contribution is 2.25. The molecule has 4 nitrogen and oxygen atoms in total. The number of unbranched alkanes of at least 4 members (excludes halogenated alkanes) is 2. The summed E-state index contributed by atoms with van der Waals surface area (Å²) in [5, 5.41) is 0. The van der Waals surface area contributed by atoms with Crippen molar-refractivity contribution in [3.8, 4) is 0 Å². The van der Waals surface area contributed by atoms with Crippen LogP contribution in [0.3, 0.4) is 0 Å². The highest BCUT2D eigenvalue weighted by molar-refractivity contribution is 5.80. The van der Waals surface area contributed by atoms with E-state index in [1.54, 1.807) is 6.92 Å². The number of hydrogen-bond acceptors (Lipinski definition) is 4. The summed E-state index contributed by atoms with van der Waals surface area (Å²) in [7, 11) is 0. The van der Waals surface area contributed by atoms with Gasteiger partial charge in [-0.05, 0) is 44.9 Å². The SMILES string of the molecule is CCCCC(CCCC)C(OC(=O)C(C)CC/C=C\CC(CC)CC)C(=O)OCC. The van der Waals surface area contributed by atoms with Gasteiger partial charge < -0.3 is 9.47 Å². The zero-order chi connectivity index (χ0) is 22.8. The summed E-state index contributed by atoms with van der Waals surface area (Å²) >= 11 is 0. The van der Waals surface area contributed by atoms with E-state index in [1.807, 2.05) is 6.92 Å². The molecule has 2 unspecified atom stereocenters. The van der Waals surface area contributed by atoms with Gasteiger partial charge in [0, 0.05) is 5.92 Å². The van der Waals surface area contributed by atoms with Gasteiger partial charge in [-0.3, -0.25) is 4.79 Å². The first-order valence-electron chi connectivity index (χ1n) is 12.5. The molecule has 0 aliphatic heterocycles. The van der Waals surface area contributed by atoms with Gasteiger partial charge in [0.25, 0.3) is 0 Å². The fourth-order valence-electron chi connectivity index (χ4n) is 3.67. The lowest BCUT2D eigenvalue weighted by Gasteiger charge is -2.26. The Morgan fingerprint density at radius 1 is 0.833 bits per heavy atom. The van der Waals surface area contributed by atoms with E-state index in [0.717, 1.165) is 63.7 Å². The van der Waals surface area contributed by atoms with Gasteiger partial charge in [-0.15, -0.1) is 0 Å². The Labute approximate surface area is 186 Å². The molecular formula is C26H48O4. The summed E-state index contributed by atoms with van der Waals surface area (Å²) in [5.41, 5.74) is 0. The van der Waals surface area contributed by atoms with Crippen LogP contribution in [-0.4, -0.2) is 24.6 Å². The van der Waals surface area contributed by atoms with E-state index in [1.165, 1.54) is 12.8 Å². The molecule has 0 aromatic carbocycles. The van der Waals surface area contributed by atoms with Gasteiger partial charge in [0.05, 0.1) is 12.5 Å². The molecule has 0 amide bonds. The molecule has 0 saturated heterocycles. The molecule has 0 radical (unpaired) electrons. The molecule has 0 saturated carbocycles. The summed E-state index contributed by atoms with van der Waals surface area (Å²) in [6.07, 6.45) is 14.7. The van der Waals surface area contributed by atoms with Crippen molar-refractivity contribution in [2.24, 2.45) is 17.8 Å². The number of carbonyl (C=O) groups is 2. The summed E-state index contributed by atoms with van der Waals surface area (Å²) in [6.45, 7) is 12.7. The van der Waals surface area contributed by atoms with Crippen LogP contribution < -0.4 is 0 Å². The fraction of sp³-hybridized carbons (Fsp3) is 0.846. The van der Waals surface area contributed by atoms with Crippen molar-refractivity contribution >= 4 is 11.9 Å². The van der Waals surface area contributed by atoms with E-state index in [-0.39, 0.29) is 23.8 Å². The quantitative estimate of drug-likeness (QED) is 0.172. The van der Waals surface area contributed by atoms with E-state index < -0.39 is 6.10 Å². The van der Waals surface area contributed by atoms with Crippen LogP contribution in [0.1, 0.15) is 112 Å². The first-order chi connectivity index (χ1) is 14.4. The van der Waals surface area contributed by atoms with Crippen molar-refractivity contribution in [2.45, 2.75) is 118 Å². The van der Waals surface area contributed by atoms with Crippen LogP contribution in [0.5, 0.6) is 0 Å². The minimum atomic E-state index is -0.775. The van der Waals surface area contributed by atoms with Crippen LogP contribution in [-0.2, 0) is 19.1 Å². The van der Waals surface area contributed by atoms with Crippen molar-refractivity contribution in [3.05, 3.63) is 12.2 Å². The van der Waals surface area contributed by atoms with Gasteiger partial charge in [-0.2, -0.15) is 0 Å². The fourth-order valence-corrected chi connectivity index (χ4v) is 3.67. The van der Waals surface area contributed by atoms with Gasteiger partial charge in [0.1, 0.15) is 0 Å². The Balaban J connectivity index is 4.87. The maximum Gasteiger partial charge on any atom is 0.347 e. The molecule has 0 aliphatic rings. The number of hydrogen-bond donors (Lipinski definition) is 0. The molecule has 0 spiro atoms. The molecular weight excluding hydrogens is 376 g/mol. The zero-order valence-electron chi connectivity index (χ0n) is 20.6. The third kappa shape index (κ3) is 12.4. The molecule has 0 bridgehead atoms. The van der Waals surface area contributed by atoms with Gasteiger partial charge in [0.2, 0.25) is 6.10 Å². The average molecular weight is 425 g/mol. The van der Waals surface area contributed by atoms with Gasteiger partial charge in [0.15, 0.2) is 0 Å². The van der Waals surface area contributed by atoms with E-state index >= 15 is 0 Å². The van der Waals surface area contributed by atoms with E-state index in [4.69, 9.17) is 9.47 Å². The highest BCUT2D eigenvalue weighted by atomic mass is 16.6. The molecule has 4 heteroatoms. The Kier molecular flexibility index (Phi) is 17.6. The standard InChI is InChI=1S/C26H48O4/c1-7-12-19-23(20-13-8-2)24(26(28)29-11-5)30-25(27)21(6)17-15-14-16-18-22(9-3)10-4/h14,16,21-24H,7-13,15,17-20H2,1-6H3/b16-14-. The van der Waals surface area contributed by atoms with Crippen LogP contribution in [0, 0.1) is 17.8 Å². The third-order valence-corrected chi connectivity index (χ3v) is 6.01. The normalized spacial score (nSPS) is 13.7. The Hall–Kier alpha value is -1.32. The summed E-state index contributed by atoms with van der Waals surface area (Å²) in [5.74, 6) is -0.102. The topological polar surface area (TPSA) is 52.6 Å². The first-order valence-corrected chi connectivity index (χ1v) is 12.5. The van der Waals surface area contributed by atoms with Crippen LogP contribution in [0.2, 0.25) is 0 Å². The van der Waals surface area contributed by atoms with Crippen molar-refractivity contribution in [1.29, 1.82) is 0 Å². The van der Waals surface area contributed by atoms with Crippen LogP contribution >= 0.6 is 0 Å². The van der Waals surface area contributed by atoms with Gasteiger partial charge in [-0.1, -0.05) is 85.3 Å². The Morgan fingerprint density at radius 3 is 1.93 bits per heavy atom. The number of allylic oxidation sites excluding steroid dienone is 2.